The van der Waals surface area contributed by atoms with Crippen LogP contribution < -0.4 is 22.5 Å². The van der Waals surface area contributed by atoms with Crippen molar-refractivity contribution in [2.24, 2.45) is 22.2 Å². The number of amides is 1. The number of rotatable bonds is 2. The molecule has 0 radical (unpaired) electrons. The molecule has 9 N–H and O–H groups in total. The van der Waals surface area contributed by atoms with Crippen molar-refractivity contribution >= 4 is 12.1 Å². The summed E-state index contributed by atoms with van der Waals surface area (Å²) in [5, 5.41) is 36.3. The number of aliphatic imine (C=N–C) groups is 1. The largest absolute Gasteiger partial charge is 0.783 e. The van der Waals surface area contributed by atoms with Crippen LogP contribution in [-0.4, -0.2) is 75.2 Å². The fraction of sp³-hybridized carbons (Fsp3) is 0.800. The van der Waals surface area contributed by atoms with Crippen molar-refractivity contribution in [3.05, 3.63) is 5.21 Å². The van der Waals surface area contributed by atoms with Gasteiger partial charge in [0.05, 0.1) is 6.04 Å². The van der Waals surface area contributed by atoms with Gasteiger partial charge in [0.1, 0.15) is 18.9 Å². The summed E-state index contributed by atoms with van der Waals surface area (Å²) >= 11 is 0. The molecule has 0 aromatic carbocycles. The third kappa shape index (κ3) is 1.79. The van der Waals surface area contributed by atoms with E-state index < -0.39 is 42.5 Å². The Hall–Kier alpha value is -1.70. The highest BCUT2D eigenvalue weighted by atomic mass is 16.6. The average molecular weight is 316 g/mol. The predicted octanol–water partition coefficient (Wildman–Crippen LogP) is -4.12. The van der Waals surface area contributed by atoms with E-state index in [2.05, 4.69) is 15.0 Å². The number of guanidine groups is 1. The Labute approximate surface area is 125 Å². The molecule has 12 nitrogen and oxygen atoms in total. The molecule has 2 saturated heterocycles. The van der Waals surface area contributed by atoms with Gasteiger partial charge in [-0.1, -0.05) is 0 Å². The van der Waals surface area contributed by atoms with Crippen molar-refractivity contribution < 1.29 is 19.7 Å². The van der Waals surface area contributed by atoms with Gasteiger partial charge >= 0.3 is 6.09 Å². The molecule has 12 heteroatoms. The minimum absolute atomic E-state index is 0.0514. The summed E-state index contributed by atoms with van der Waals surface area (Å²) in [6.07, 6.45) is -2.30. The third-order valence-corrected chi connectivity index (χ3v) is 4.46. The summed E-state index contributed by atoms with van der Waals surface area (Å²) < 4.78 is 4.68. The van der Waals surface area contributed by atoms with Gasteiger partial charge in [-0.15, -0.1) is 0 Å². The van der Waals surface area contributed by atoms with Gasteiger partial charge in [-0.3, -0.25) is 0 Å². The third-order valence-electron chi connectivity index (χ3n) is 4.46. The number of hydroxylamine groups is 2. The van der Waals surface area contributed by atoms with Crippen LogP contribution in [0.5, 0.6) is 0 Å². The smallest absolute Gasteiger partial charge is 0.404 e. The fourth-order valence-corrected chi connectivity index (χ4v) is 3.51. The number of nitrogens with zero attached hydrogens (tertiary/aromatic N) is 3. The van der Waals surface area contributed by atoms with E-state index in [1.165, 1.54) is 4.90 Å². The highest BCUT2D eigenvalue weighted by Gasteiger charge is 2.70. The predicted molar refractivity (Wildman–Crippen MR) is 72.3 cm³/mol. The van der Waals surface area contributed by atoms with Gasteiger partial charge in [-0.25, -0.2) is 14.7 Å². The Bertz CT molecular complexity index is 528. The molecule has 2 fully saturated rings. The minimum atomic E-state index is -2.22. The number of carbonyl (C=O) groups is 1. The van der Waals surface area contributed by atoms with Crippen molar-refractivity contribution in [2.75, 3.05) is 13.2 Å². The Morgan fingerprint density at radius 2 is 2.27 bits per heavy atom. The van der Waals surface area contributed by atoms with Crippen molar-refractivity contribution in [3.8, 4) is 0 Å². The summed E-state index contributed by atoms with van der Waals surface area (Å²) in [7, 11) is 0. The first-order valence-electron chi connectivity index (χ1n) is 6.67. The second kappa shape index (κ2) is 4.65. The molecular formula is C10H18N7O5-. The van der Waals surface area contributed by atoms with Gasteiger partial charge < -0.3 is 47.7 Å². The first-order chi connectivity index (χ1) is 10.2. The van der Waals surface area contributed by atoms with Gasteiger partial charge in [-0.2, -0.15) is 0 Å². The monoisotopic (exact) mass is 316 g/mol. The van der Waals surface area contributed by atoms with Gasteiger partial charge in [0.25, 0.3) is 0 Å². The van der Waals surface area contributed by atoms with E-state index in [-0.39, 0.29) is 18.9 Å². The van der Waals surface area contributed by atoms with Crippen molar-refractivity contribution in [2.45, 2.75) is 36.2 Å². The lowest BCUT2D eigenvalue weighted by molar-refractivity contribution is -0.253. The Morgan fingerprint density at radius 1 is 1.59 bits per heavy atom. The van der Waals surface area contributed by atoms with Crippen LogP contribution in [-0.2, 0) is 4.74 Å². The fourth-order valence-electron chi connectivity index (χ4n) is 3.51. The van der Waals surface area contributed by atoms with E-state index in [1.807, 2.05) is 0 Å². The number of nitrogens with two attached hydrogens (primary N) is 3. The number of aliphatic hydroxyl groups is 2. The van der Waals surface area contributed by atoms with E-state index in [0.717, 1.165) is 0 Å². The quantitative estimate of drug-likeness (QED) is 0.272. The van der Waals surface area contributed by atoms with Gasteiger partial charge in [0.15, 0.2) is 11.6 Å². The van der Waals surface area contributed by atoms with E-state index in [4.69, 9.17) is 17.2 Å². The molecule has 0 aromatic heterocycles. The first-order valence-corrected chi connectivity index (χ1v) is 6.67. The molecule has 3 rings (SSSR count). The van der Waals surface area contributed by atoms with E-state index in [0.29, 0.717) is 5.06 Å². The second-order valence-electron chi connectivity index (χ2n) is 5.58. The van der Waals surface area contributed by atoms with Crippen LogP contribution in [0.25, 0.3) is 0 Å². The van der Waals surface area contributed by atoms with Crippen LogP contribution in [0.4, 0.5) is 4.79 Å². The maximum absolute atomic E-state index is 12.4. The van der Waals surface area contributed by atoms with Gasteiger partial charge in [0, 0.05) is 13.0 Å². The molecule has 3 aliphatic rings. The summed E-state index contributed by atoms with van der Waals surface area (Å²) in [6, 6.07) is -2.06. The number of ether oxygens (including phenoxy) is 1. The maximum atomic E-state index is 12.4. The van der Waals surface area contributed by atoms with E-state index in [1.54, 1.807) is 0 Å². The van der Waals surface area contributed by atoms with E-state index in [9.17, 15) is 20.2 Å². The average Bonchev–Trinajstić information content (AvgIpc) is 2.89. The second-order valence-corrected chi connectivity index (χ2v) is 5.58. The van der Waals surface area contributed by atoms with Crippen LogP contribution in [0.2, 0.25) is 0 Å². The highest BCUT2D eigenvalue weighted by Crippen LogP contribution is 2.46. The Kier molecular flexibility index (Phi) is 3.21. The molecule has 1 amide bonds. The number of hydrogen-bond donors (Lipinski definition) is 6. The molecule has 4 unspecified atom stereocenters. The van der Waals surface area contributed by atoms with Crippen LogP contribution in [0.1, 0.15) is 6.42 Å². The van der Waals surface area contributed by atoms with Crippen LogP contribution in [0.15, 0.2) is 4.99 Å². The summed E-state index contributed by atoms with van der Waals surface area (Å²) in [6.45, 7) is -0.246. The van der Waals surface area contributed by atoms with Crippen molar-refractivity contribution in [1.82, 2.24) is 15.3 Å². The van der Waals surface area contributed by atoms with Crippen molar-refractivity contribution in [1.29, 1.82) is 0 Å². The topological polar surface area (TPSA) is 199 Å². The molecule has 124 valence electrons. The Morgan fingerprint density at radius 3 is 2.91 bits per heavy atom. The molecule has 1 spiro atoms. The number of hydrogen-bond acceptors (Lipinski definition) is 11. The zero-order valence-corrected chi connectivity index (χ0v) is 11.5. The Balaban J connectivity index is 2.01. The van der Waals surface area contributed by atoms with Crippen LogP contribution in [0, 0.1) is 5.21 Å². The zero-order chi connectivity index (χ0) is 16.3. The number of nitrogens with one attached hydrogen (secondary N) is 1. The van der Waals surface area contributed by atoms with Crippen molar-refractivity contribution in [3.63, 3.8) is 0 Å². The molecule has 22 heavy (non-hydrogen) atoms. The first kappa shape index (κ1) is 15.2. The SMILES string of the molecule is NC(=O)OCC1C2N=C(N)NC23N(CCC3(O)O)C(N)N1[O-]. The molecule has 0 aromatic rings. The van der Waals surface area contributed by atoms with Crippen LogP contribution >= 0.6 is 0 Å². The number of carbonyl (C=O) groups excluding carboxylic acids is 1. The molecule has 0 bridgehead atoms. The minimum Gasteiger partial charge on any atom is -0.783 e. The lowest BCUT2D eigenvalue weighted by atomic mass is 9.85. The summed E-state index contributed by atoms with van der Waals surface area (Å²) in [5.41, 5.74) is 14.9. The number of primary amides is 1. The van der Waals surface area contributed by atoms with Gasteiger partial charge in [-0.05, 0) is 0 Å². The zero-order valence-electron chi connectivity index (χ0n) is 11.5. The lowest BCUT2D eigenvalue weighted by Gasteiger charge is -2.59. The normalized spacial score (nSPS) is 40.5. The molecule has 4 atom stereocenters. The molecule has 0 aliphatic carbocycles. The summed E-state index contributed by atoms with van der Waals surface area (Å²) in [4.78, 5) is 16.3. The maximum Gasteiger partial charge on any atom is 0.404 e. The molecule has 0 saturated carbocycles. The van der Waals surface area contributed by atoms with E-state index >= 15 is 0 Å². The molecular weight excluding hydrogens is 298 g/mol. The molecule has 3 aliphatic heterocycles. The standard InChI is InChI=1S/C10H18N7O5/c11-6-14-5-4(3-22-8(13)18)17(21)7(12)16-2-1-9(19,20)10(5,16)15-6/h4-5,7,19-20H,1-3,12H2,(H2,13,18)(H3,11,14,15)/q-1. The highest BCUT2D eigenvalue weighted by molar-refractivity contribution is 5.82. The lowest BCUT2D eigenvalue weighted by Crippen LogP contribution is -2.82. The van der Waals surface area contributed by atoms with Gasteiger partial charge in [0.2, 0.25) is 5.79 Å². The summed E-state index contributed by atoms with van der Waals surface area (Å²) in [5.74, 6) is -2.28. The van der Waals surface area contributed by atoms with Crippen LogP contribution in [0.3, 0.4) is 0 Å². The molecule has 3 heterocycles.